The average molecular weight is 460 g/mol. The summed E-state index contributed by atoms with van der Waals surface area (Å²) in [5, 5.41) is 26.4. The first kappa shape index (κ1) is 22.2. The second-order valence-electron chi connectivity index (χ2n) is 7.86. The van der Waals surface area contributed by atoms with Crippen molar-refractivity contribution in [3.63, 3.8) is 0 Å². The first-order chi connectivity index (χ1) is 15.6. The molecular weight excluding hydrogens is 441 g/mol. The number of hydrogen-bond donors (Lipinski definition) is 3. The standard InChI is InChI=1S/C21H19F3N6O3/c22-21(23,24)13-1-3-14(4-2-13)27-17-16-15(5-10-26-18(16)31)30(28-17)20(6-9-25)7-11-29(12-8-20)19(32)33/h1-5,10H,6-8,11-12H2,(H,26,31)(H,27,28)(H,32,33). The number of carboxylic acid groups (broad SMARTS) is 1. The Morgan fingerprint density at radius 2 is 1.91 bits per heavy atom. The van der Waals surface area contributed by atoms with Crippen LogP contribution in [0, 0.1) is 11.3 Å². The molecule has 0 spiro atoms. The van der Waals surface area contributed by atoms with Crippen LogP contribution in [0.15, 0.2) is 41.3 Å². The third-order valence-electron chi connectivity index (χ3n) is 5.90. The summed E-state index contributed by atoms with van der Waals surface area (Å²) >= 11 is 0. The maximum absolute atomic E-state index is 12.9. The molecule has 0 aliphatic carbocycles. The molecule has 3 N–H and O–H groups in total. The van der Waals surface area contributed by atoms with E-state index in [2.05, 4.69) is 21.5 Å². The van der Waals surface area contributed by atoms with Gasteiger partial charge in [-0.2, -0.15) is 23.5 Å². The number of H-pyrrole nitrogens is 1. The SMILES string of the molecule is N#CCC1(n2nc(Nc3ccc(C(F)(F)F)cc3)c3c(=O)[nH]ccc32)CCN(C(=O)O)CC1. The zero-order chi connectivity index (χ0) is 23.8. The van der Waals surface area contributed by atoms with Crippen molar-refractivity contribution in [2.45, 2.75) is 31.0 Å². The molecule has 33 heavy (non-hydrogen) atoms. The molecule has 9 nitrogen and oxygen atoms in total. The number of nitrogens with one attached hydrogen (secondary N) is 2. The predicted octanol–water partition coefficient (Wildman–Crippen LogP) is 3.87. The second-order valence-corrected chi connectivity index (χ2v) is 7.86. The molecule has 1 aliphatic heterocycles. The molecule has 12 heteroatoms. The Hall–Kier alpha value is -4.01. The molecule has 1 aromatic carbocycles. The van der Waals surface area contributed by atoms with Crippen LogP contribution in [0.2, 0.25) is 0 Å². The Labute approximate surface area is 185 Å². The number of piperidine rings is 1. The number of carbonyl (C=O) groups is 1. The van der Waals surface area contributed by atoms with Gasteiger partial charge in [0.25, 0.3) is 5.56 Å². The molecular formula is C21H19F3N6O3. The van der Waals surface area contributed by atoms with E-state index in [1.165, 1.54) is 23.2 Å². The fraction of sp³-hybridized carbons (Fsp3) is 0.333. The van der Waals surface area contributed by atoms with Gasteiger partial charge < -0.3 is 20.3 Å². The Bertz CT molecular complexity index is 1280. The number of nitrogens with zero attached hydrogens (tertiary/aromatic N) is 4. The van der Waals surface area contributed by atoms with Gasteiger partial charge in [0.1, 0.15) is 5.39 Å². The normalized spacial score (nSPS) is 15.9. The second kappa shape index (κ2) is 8.16. The number of benzene rings is 1. The molecule has 0 saturated carbocycles. The van der Waals surface area contributed by atoms with Crippen molar-refractivity contribution in [3.8, 4) is 6.07 Å². The van der Waals surface area contributed by atoms with Crippen molar-refractivity contribution in [1.29, 1.82) is 5.26 Å². The summed E-state index contributed by atoms with van der Waals surface area (Å²) in [4.78, 5) is 27.8. The van der Waals surface area contributed by atoms with Crippen LogP contribution in [0.5, 0.6) is 0 Å². The number of halogens is 3. The molecule has 0 unspecified atom stereocenters. The summed E-state index contributed by atoms with van der Waals surface area (Å²) in [7, 11) is 0. The summed E-state index contributed by atoms with van der Waals surface area (Å²) in [5.41, 5.74) is -1.37. The van der Waals surface area contributed by atoms with Crippen molar-refractivity contribution in [3.05, 3.63) is 52.4 Å². The van der Waals surface area contributed by atoms with Crippen LogP contribution in [0.3, 0.4) is 0 Å². The molecule has 3 aromatic rings. The van der Waals surface area contributed by atoms with E-state index in [1.807, 2.05) is 0 Å². The van der Waals surface area contributed by atoms with Crippen molar-refractivity contribution in [2.24, 2.45) is 0 Å². The zero-order valence-corrected chi connectivity index (χ0v) is 17.2. The first-order valence-corrected chi connectivity index (χ1v) is 10.0. The molecule has 0 bridgehead atoms. The lowest BCUT2D eigenvalue weighted by Gasteiger charge is -2.40. The fourth-order valence-corrected chi connectivity index (χ4v) is 4.13. The first-order valence-electron chi connectivity index (χ1n) is 10.0. The van der Waals surface area contributed by atoms with Gasteiger partial charge in [-0.3, -0.25) is 9.48 Å². The van der Waals surface area contributed by atoms with Gasteiger partial charge in [0.15, 0.2) is 5.82 Å². The Morgan fingerprint density at radius 1 is 1.24 bits per heavy atom. The lowest BCUT2D eigenvalue weighted by Crippen LogP contribution is -2.48. The van der Waals surface area contributed by atoms with Crippen LogP contribution in [0.4, 0.5) is 29.5 Å². The number of aromatic amines is 1. The highest BCUT2D eigenvalue weighted by atomic mass is 19.4. The van der Waals surface area contributed by atoms with Gasteiger partial charge in [0, 0.05) is 25.0 Å². The molecule has 3 heterocycles. The summed E-state index contributed by atoms with van der Waals surface area (Å²) in [6, 6.07) is 8.09. The van der Waals surface area contributed by atoms with E-state index in [0.29, 0.717) is 24.0 Å². The molecule has 4 rings (SSSR count). The molecule has 0 atom stereocenters. The maximum atomic E-state index is 12.9. The third kappa shape index (κ3) is 4.09. The van der Waals surface area contributed by atoms with E-state index < -0.39 is 28.9 Å². The van der Waals surface area contributed by atoms with Gasteiger partial charge in [-0.25, -0.2) is 4.79 Å². The van der Waals surface area contributed by atoms with E-state index in [0.717, 1.165) is 12.1 Å². The topological polar surface area (TPSA) is 127 Å². The highest BCUT2D eigenvalue weighted by molar-refractivity contribution is 5.91. The van der Waals surface area contributed by atoms with Crippen molar-refractivity contribution in [1.82, 2.24) is 19.7 Å². The summed E-state index contributed by atoms with van der Waals surface area (Å²) in [5.74, 6) is 0.129. The van der Waals surface area contributed by atoms with Gasteiger partial charge >= 0.3 is 12.3 Å². The van der Waals surface area contributed by atoms with Crippen LogP contribution < -0.4 is 10.9 Å². The highest BCUT2D eigenvalue weighted by Gasteiger charge is 2.40. The minimum absolute atomic E-state index is 0.0454. The summed E-state index contributed by atoms with van der Waals surface area (Å²) in [6.45, 7) is 0.395. The average Bonchev–Trinajstić information content (AvgIpc) is 3.14. The van der Waals surface area contributed by atoms with E-state index >= 15 is 0 Å². The lowest BCUT2D eigenvalue weighted by molar-refractivity contribution is -0.137. The largest absolute Gasteiger partial charge is 0.465 e. The summed E-state index contributed by atoms with van der Waals surface area (Å²) in [6.07, 6.45) is -3.40. The number of nitriles is 1. The monoisotopic (exact) mass is 460 g/mol. The smallest absolute Gasteiger partial charge is 0.416 e. The van der Waals surface area contributed by atoms with Gasteiger partial charge in [-0.05, 0) is 43.2 Å². The number of aromatic nitrogens is 3. The van der Waals surface area contributed by atoms with Crippen LogP contribution >= 0.6 is 0 Å². The van der Waals surface area contributed by atoms with Crippen molar-refractivity contribution < 1.29 is 23.1 Å². The number of anilines is 2. The number of fused-ring (bicyclic) bond motifs is 1. The van der Waals surface area contributed by atoms with E-state index in [-0.39, 0.29) is 30.7 Å². The van der Waals surface area contributed by atoms with Crippen molar-refractivity contribution >= 4 is 28.5 Å². The van der Waals surface area contributed by atoms with Gasteiger partial charge in [-0.15, -0.1) is 0 Å². The molecule has 2 aromatic heterocycles. The number of rotatable bonds is 4. The maximum Gasteiger partial charge on any atom is 0.416 e. The number of alkyl halides is 3. The van der Waals surface area contributed by atoms with Crippen LogP contribution in [-0.2, 0) is 11.7 Å². The van der Waals surface area contributed by atoms with E-state index in [4.69, 9.17) is 0 Å². The highest BCUT2D eigenvalue weighted by Crippen LogP contribution is 2.37. The molecule has 1 fully saturated rings. The third-order valence-corrected chi connectivity index (χ3v) is 5.90. The molecule has 172 valence electrons. The Kier molecular flexibility index (Phi) is 5.49. The number of amides is 1. The van der Waals surface area contributed by atoms with Crippen LogP contribution in [0.25, 0.3) is 10.9 Å². The Morgan fingerprint density at radius 3 is 2.48 bits per heavy atom. The van der Waals surface area contributed by atoms with Gasteiger partial charge in [0.2, 0.25) is 0 Å². The molecule has 1 amide bonds. The van der Waals surface area contributed by atoms with Crippen LogP contribution in [0.1, 0.15) is 24.8 Å². The minimum Gasteiger partial charge on any atom is -0.465 e. The lowest BCUT2D eigenvalue weighted by atomic mass is 9.85. The number of likely N-dealkylation sites (tertiary alicyclic amines) is 1. The van der Waals surface area contributed by atoms with Crippen molar-refractivity contribution in [2.75, 3.05) is 18.4 Å². The fourth-order valence-electron chi connectivity index (χ4n) is 4.13. The van der Waals surface area contributed by atoms with Gasteiger partial charge in [0.05, 0.1) is 29.1 Å². The molecule has 0 radical (unpaired) electrons. The van der Waals surface area contributed by atoms with E-state index in [1.54, 1.807) is 10.7 Å². The minimum atomic E-state index is -4.47. The Balaban J connectivity index is 1.77. The quantitative estimate of drug-likeness (QED) is 0.543. The number of pyridine rings is 1. The van der Waals surface area contributed by atoms with Gasteiger partial charge in [-0.1, -0.05) is 0 Å². The summed E-state index contributed by atoms with van der Waals surface area (Å²) < 4.78 is 40.2. The van der Waals surface area contributed by atoms with E-state index in [9.17, 15) is 33.1 Å². The zero-order valence-electron chi connectivity index (χ0n) is 17.2. The molecule has 1 saturated heterocycles. The number of hydrogen-bond acceptors (Lipinski definition) is 5. The molecule has 1 aliphatic rings. The predicted molar refractivity (Wildman–Crippen MR) is 112 cm³/mol. The van der Waals surface area contributed by atoms with Crippen LogP contribution in [-0.4, -0.2) is 44.0 Å².